The Morgan fingerprint density at radius 3 is 2.59 bits per heavy atom. The third kappa shape index (κ3) is 3.22. The van der Waals surface area contributed by atoms with Crippen LogP contribution in [-0.4, -0.2) is 35.5 Å². The minimum absolute atomic E-state index is 0.0599. The van der Waals surface area contributed by atoms with Gasteiger partial charge in [0.05, 0.1) is 5.69 Å². The molecule has 1 aliphatic rings. The Balaban J connectivity index is 1.62. The Bertz CT molecular complexity index is 661. The lowest BCUT2D eigenvalue weighted by atomic mass is 10.1. The third-order valence-corrected chi connectivity index (χ3v) is 4.56. The van der Waals surface area contributed by atoms with Gasteiger partial charge in [0.25, 0.3) is 5.91 Å². The zero-order chi connectivity index (χ0) is 15.5. The van der Waals surface area contributed by atoms with E-state index in [-0.39, 0.29) is 12.5 Å². The lowest BCUT2D eigenvalue weighted by Gasteiger charge is -2.15. The Kier molecular flexibility index (Phi) is 4.29. The van der Waals surface area contributed by atoms with Crippen molar-refractivity contribution in [2.45, 2.75) is 19.8 Å². The zero-order valence-electron chi connectivity index (χ0n) is 12.5. The largest absolute Gasteiger partial charge is 0.484 e. The Morgan fingerprint density at radius 1 is 1.32 bits per heavy atom. The minimum Gasteiger partial charge on any atom is -0.484 e. The van der Waals surface area contributed by atoms with E-state index in [1.807, 2.05) is 36.1 Å². The molecule has 1 aromatic carbocycles. The quantitative estimate of drug-likeness (QED) is 0.941. The van der Waals surface area contributed by atoms with Gasteiger partial charge in [0.2, 0.25) is 0 Å². The number of rotatable bonds is 4. The molecule has 0 bridgehead atoms. The van der Waals surface area contributed by atoms with Crippen LogP contribution in [0, 0.1) is 6.92 Å². The summed E-state index contributed by atoms with van der Waals surface area (Å²) in [6, 6.07) is 7.61. The number of aryl methyl sites for hydroxylation is 1. The number of hydrogen-bond donors (Lipinski definition) is 1. The summed E-state index contributed by atoms with van der Waals surface area (Å²) in [6.07, 6.45) is 2.19. The summed E-state index contributed by atoms with van der Waals surface area (Å²) >= 11 is 1.48. The molecule has 3 rings (SSSR count). The van der Waals surface area contributed by atoms with Gasteiger partial charge in [-0.15, -0.1) is 11.3 Å². The van der Waals surface area contributed by atoms with Crippen molar-refractivity contribution in [2.24, 2.45) is 0 Å². The van der Waals surface area contributed by atoms with E-state index < -0.39 is 0 Å². The van der Waals surface area contributed by atoms with E-state index in [4.69, 9.17) is 10.5 Å². The fourth-order valence-corrected chi connectivity index (χ4v) is 3.31. The topological polar surface area (TPSA) is 68.5 Å². The highest BCUT2D eigenvalue weighted by atomic mass is 32.1. The van der Waals surface area contributed by atoms with Gasteiger partial charge in [-0.2, -0.15) is 0 Å². The Hall–Kier alpha value is -2.08. The summed E-state index contributed by atoms with van der Waals surface area (Å²) in [5, 5.41) is 0.573. The van der Waals surface area contributed by atoms with E-state index in [0.717, 1.165) is 42.1 Å². The molecular formula is C16H19N3O2S. The summed E-state index contributed by atoms with van der Waals surface area (Å²) in [5.41, 5.74) is 7.64. The van der Waals surface area contributed by atoms with Crippen LogP contribution >= 0.6 is 11.3 Å². The van der Waals surface area contributed by atoms with E-state index >= 15 is 0 Å². The van der Waals surface area contributed by atoms with Crippen LogP contribution in [0.25, 0.3) is 11.3 Å². The van der Waals surface area contributed by atoms with Crippen LogP contribution in [0.1, 0.15) is 17.7 Å². The molecule has 1 saturated heterocycles. The summed E-state index contributed by atoms with van der Waals surface area (Å²) in [6.45, 7) is 3.81. The standard InChI is InChI=1S/C16H19N3O2S/c1-11-15(18-16(17)22-11)12-4-6-13(7-5-12)21-10-14(20)19-8-2-3-9-19/h4-7H,2-3,8-10H2,1H3,(H2,17,18). The van der Waals surface area contributed by atoms with Crippen LogP contribution in [0.3, 0.4) is 0 Å². The second-order valence-corrected chi connectivity index (χ2v) is 6.59. The van der Waals surface area contributed by atoms with Gasteiger partial charge in [0.15, 0.2) is 11.7 Å². The average molecular weight is 317 g/mol. The van der Waals surface area contributed by atoms with Crippen LogP contribution in [0.2, 0.25) is 0 Å². The highest BCUT2D eigenvalue weighted by Gasteiger charge is 2.18. The number of likely N-dealkylation sites (tertiary alicyclic amines) is 1. The molecule has 1 aliphatic heterocycles. The van der Waals surface area contributed by atoms with E-state index in [2.05, 4.69) is 4.98 Å². The number of aromatic nitrogens is 1. The van der Waals surface area contributed by atoms with E-state index in [9.17, 15) is 4.79 Å². The predicted molar refractivity (Wildman–Crippen MR) is 88.0 cm³/mol. The number of anilines is 1. The number of thiazole rings is 1. The van der Waals surface area contributed by atoms with Crippen LogP contribution in [-0.2, 0) is 4.79 Å². The number of carbonyl (C=O) groups is 1. The first kappa shape index (κ1) is 14.8. The molecule has 5 nitrogen and oxygen atoms in total. The number of amides is 1. The molecule has 6 heteroatoms. The summed E-state index contributed by atoms with van der Waals surface area (Å²) in [5.74, 6) is 0.752. The maximum Gasteiger partial charge on any atom is 0.260 e. The van der Waals surface area contributed by atoms with Crippen molar-refractivity contribution < 1.29 is 9.53 Å². The Morgan fingerprint density at radius 2 is 2.00 bits per heavy atom. The van der Waals surface area contributed by atoms with Crippen LogP contribution in [0.15, 0.2) is 24.3 Å². The van der Waals surface area contributed by atoms with Crippen molar-refractivity contribution in [3.63, 3.8) is 0 Å². The van der Waals surface area contributed by atoms with Crippen molar-refractivity contribution in [3.8, 4) is 17.0 Å². The smallest absolute Gasteiger partial charge is 0.260 e. The van der Waals surface area contributed by atoms with Gasteiger partial charge >= 0.3 is 0 Å². The second kappa shape index (κ2) is 6.36. The van der Waals surface area contributed by atoms with Gasteiger partial charge < -0.3 is 15.4 Å². The van der Waals surface area contributed by atoms with Crippen molar-refractivity contribution in [1.82, 2.24) is 9.88 Å². The highest BCUT2D eigenvalue weighted by molar-refractivity contribution is 7.15. The Labute approximate surface area is 133 Å². The lowest BCUT2D eigenvalue weighted by molar-refractivity contribution is -0.132. The van der Waals surface area contributed by atoms with Crippen LogP contribution in [0.5, 0.6) is 5.75 Å². The number of nitrogens with two attached hydrogens (primary N) is 1. The lowest BCUT2D eigenvalue weighted by Crippen LogP contribution is -2.32. The first-order valence-electron chi connectivity index (χ1n) is 7.37. The molecule has 0 aliphatic carbocycles. The fraction of sp³-hybridized carbons (Fsp3) is 0.375. The molecule has 0 spiro atoms. The van der Waals surface area contributed by atoms with Crippen molar-refractivity contribution in [1.29, 1.82) is 0 Å². The molecule has 1 fully saturated rings. The molecule has 1 aromatic heterocycles. The first-order chi connectivity index (χ1) is 10.6. The third-order valence-electron chi connectivity index (χ3n) is 3.76. The number of ether oxygens (including phenoxy) is 1. The summed E-state index contributed by atoms with van der Waals surface area (Å²) in [7, 11) is 0. The number of hydrogen-bond acceptors (Lipinski definition) is 5. The normalized spacial score (nSPS) is 14.3. The molecule has 116 valence electrons. The van der Waals surface area contributed by atoms with Crippen molar-refractivity contribution in [2.75, 3.05) is 25.4 Å². The number of nitrogens with zero attached hydrogens (tertiary/aromatic N) is 2. The van der Waals surface area contributed by atoms with Gasteiger partial charge in [-0.3, -0.25) is 4.79 Å². The van der Waals surface area contributed by atoms with E-state index in [1.54, 1.807) is 0 Å². The van der Waals surface area contributed by atoms with Gasteiger partial charge in [-0.05, 0) is 44.0 Å². The monoisotopic (exact) mass is 317 g/mol. The molecule has 22 heavy (non-hydrogen) atoms. The maximum absolute atomic E-state index is 11.9. The first-order valence-corrected chi connectivity index (χ1v) is 8.19. The van der Waals surface area contributed by atoms with E-state index in [0.29, 0.717) is 10.9 Å². The van der Waals surface area contributed by atoms with E-state index in [1.165, 1.54) is 11.3 Å². The van der Waals surface area contributed by atoms with Gasteiger partial charge in [0.1, 0.15) is 5.75 Å². The van der Waals surface area contributed by atoms with Gasteiger partial charge in [0, 0.05) is 23.5 Å². The highest BCUT2D eigenvalue weighted by Crippen LogP contribution is 2.29. The predicted octanol–water partition coefficient (Wildman–Crippen LogP) is 2.70. The molecule has 0 saturated carbocycles. The minimum atomic E-state index is 0.0599. The zero-order valence-corrected chi connectivity index (χ0v) is 13.4. The molecule has 2 heterocycles. The summed E-state index contributed by atoms with van der Waals surface area (Å²) < 4.78 is 5.57. The molecular weight excluding hydrogens is 298 g/mol. The SMILES string of the molecule is Cc1sc(N)nc1-c1ccc(OCC(=O)N2CCCC2)cc1. The molecule has 0 unspecified atom stereocenters. The number of carbonyl (C=O) groups excluding carboxylic acids is 1. The fourth-order valence-electron chi connectivity index (χ4n) is 2.60. The molecule has 0 atom stereocenters. The van der Waals surface area contributed by atoms with Gasteiger partial charge in [-0.25, -0.2) is 4.98 Å². The molecule has 2 aromatic rings. The number of benzene rings is 1. The number of nitrogen functional groups attached to an aromatic ring is 1. The second-order valence-electron chi connectivity index (χ2n) is 5.36. The maximum atomic E-state index is 11.9. The molecule has 1 amide bonds. The summed E-state index contributed by atoms with van der Waals surface area (Å²) in [4.78, 5) is 19.2. The van der Waals surface area contributed by atoms with Crippen LogP contribution in [0.4, 0.5) is 5.13 Å². The van der Waals surface area contributed by atoms with Crippen LogP contribution < -0.4 is 10.5 Å². The molecule has 2 N–H and O–H groups in total. The van der Waals surface area contributed by atoms with Crippen molar-refractivity contribution >= 4 is 22.4 Å². The average Bonchev–Trinajstić information content (AvgIpc) is 3.15. The van der Waals surface area contributed by atoms with Gasteiger partial charge in [-0.1, -0.05) is 0 Å². The van der Waals surface area contributed by atoms with Crippen molar-refractivity contribution in [3.05, 3.63) is 29.1 Å². The molecule has 0 radical (unpaired) electrons.